The molecular formula is C18H42MgO4. The largest absolute Gasteiger partial charge is 0.481 e. The van der Waals surface area contributed by atoms with Gasteiger partial charge in [0.2, 0.25) is 0 Å². The zero-order chi connectivity index (χ0) is 14.9. The molecule has 0 amide bonds. The Kier molecular flexibility index (Phi) is 36.4. The zero-order valence-corrected chi connectivity index (χ0v) is 14.7. The van der Waals surface area contributed by atoms with E-state index in [1.165, 1.54) is 83.5 Å². The molecule has 0 aliphatic heterocycles. The first-order chi connectivity index (χ1) is 9.77. The second-order valence-corrected chi connectivity index (χ2v) is 6.09. The molecule has 0 spiro atoms. The Balaban J connectivity index is -0.000000602. The highest BCUT2D eigenvalue weighted by atomic mass is 24.3. The summed E-state index contributed by atoms with van der Waals surface area (Å²) in [7, 11) is 0. The van der Waals surface area contributed by atoms with E-state index in [1.54, 1.807) is 0 Å². The molecule has 0 fully saturated rings. The summed E-state index contributed by atoms with van der Waals surface area (Å²) in [6.45, 7) is 2.27. The Bertz CT molecular complexity index is 213. The molecule has 0 aliphatic rings. The molecule has 0 bridgehead atoms. The van der Waals surface area contributed by atoms with Gasteiger partial charge in [-0.25, -0.2) is 0 Å². The first-order valence-electron chi connectivity index (χ1n) is 8.99. The lowest BCUT2D eigenvalue weighted by molar-refractivity contribution is -0.137. The molecule has 0 unspecified atom stereocenters. The Labute approximate surface area is 159 Å². The van der Waals surface area contributed by atoms with E-state index in [0.29, 0.717) is 6.42 Å². The molecule has 5 heteroatoms. The normalized spacial score (nSPS) is 9.43. The molecule has 0 aromatic carbocycles. The lowest BCUT2D eigenvalue weighted by Gasteiger charge is -2.03. The van der Waals surface area contributed by atoms with Crippen LogP contribution in [0.3, 0.4) is 0 Å². The van der Waals surface area contributed by atoms with Gasteiger partial charge in [-0.1, -0.05) is 96.8 Å². The smallest absolute Gasteiger partial charge is 0.316 e. The fourth-order valence-electron chi connectivity index (χ4n) is 2.65. The minimum atomic E-state index is -0.653. The zero-order valence-electron chi connectivity index (χ0n) is 14.7. The standard InChI is InChI=1S/C18H36O2.Mg.2H2O.2H/c1-2-3-4-5-6-7-8-9-10-11-12-13-14-15-16-17-18(19)20;;;;;/h2-17H2,1H3,(H,19,20);;2*1H2;;. The highest BCUT2D eigenvalue weighted by Gasteiger charge is 1.97. The lowest BCUT2D eigenvalue weighted by Crippen LogP contribution is -1.93. The molecule has 5 N–H and O–H groups in total. The summed E-state index contributed by atoms with van der Waals surface area (Å²) >= 11 is 0. The topological polar surface area (TPSA) is 100 Å². The number of unbranched alkanes of at least 4 members (excludes halogenated alkanes) is 14. The lowest BCUT2D eigenvalue weighted by atomic mass is 10.0. The first-order valence-corrected chi connectivity index (χ1v) is 8.99. The van der Waals surface area contributed by atoms with Crippen molar-refractivity contribution >= 4 is 29.0 Å². The summed E-state index contributed by atoms with van der Waals surface area (Å²) in [5.41, 5.74) is 0. The molecule has 0 rings (SSSR count). The molecule has 0 heterocycles. The first kappa shape index (κ1) is 31.0. The van der Waals surface area contributed by atoms with Crippen LogP contribution in [0.4, 0.5) is 0 Å². The van der Waals surface area contributed by atoms with Gasteiger partial charge in [-0.3, -0.25) is 4.79 Å². The molecule has 0 atom stereocenters. The van der Waals surface area contributed by atoms with Gasteiger partial charge in [-0.15, -0.1) is 0 Å². The predicted octanol–water partition coefficient (Wildman–Crippen LogP) is 3.77. The maximum absolute atomic E-state index is 10.3. The maximum atomic E-state index is 10.3. The summed E-state index contributed by atoms with van der Waals surface area (Å²) in [4.78, 5) is 10.3. The van der Waals surface area contributed by atoms with Gasteiger partial charge in [-0.2, -0.15) is 0 Å². The summed E-state index contributed by atoms with van der Waals surface area (Å²) < 4.78 is 0. The summed E-state index contributed by atoms with van der Waals surface area (Å²) in [6, 6.07) is 0. The fourth-order valence-corrected chi connectivity index (χ4v) is 2.65. The van der Waals surface area contributed by atoms with Crippen molar-refractivity contribution in [3.8, 4) is 0 Å². The molecule has 0 saturated heterocycles. The van der Waals surface area contributed by atoms with Crippen LogP contribution in [-0.2, 0) is 4.79 Å². The second-order valence-electron chi connectivity index (χ2n) is 6.09. The average Bonchev–Trinajstić information content (AvgIpc) is 2.43. The van der Waals surface area contributed by atoms with Crippen LogP contribution in [0.1, 0.15) is 110 Å². The number of carboxylic acid groups (broad SMARTS) is 1. The SMILES string of the molecule is CCCCCCCCCCCCCCCCCC(=O)O.O.O.[MgH2]. The number of rotatable bonds is 16. The van der Waals surface area contributed by atoms with E-state index in [0.717, 1.165) is 12.8 Å². The number of carboxylic acids is 1. The third kappa shape index (κ3) is 30.6. The van der Waals surface area contributed by atoms with Gasteiger partial charge in [0, 0.05) is 6.42 Å². The quantitative estimate of drug-likeness (QED) is 0.340. The maximum Gasteiger partial charge on any atom is 0.316 e. The van der Waals surface area contributed by atoms with Gasteiger partial charge in [0.15, 0.2) is 0 Å². The predicted molar refractivity (Wildman–Crippen MR) is 103 cm³/mol. The van der Waals surface area contributed by atoms with E-state index in [4.69, 9.17) is 5.11 Å². The molecule has 23 heavy (non-hydrogen) atoms. The van der Waals surface area contributed by atoms with Crippen molar-refractivity contribution in [1.82, 2.24) is 0 Å². The minimum absolute atomic E-state index is 0. The van der Waals surface area contributed by atoms with Gasteiger partial charge >= 0.3 is 29.0 Å². The van der Waals surface area contributed by atoms with Crippen LogP contribution in [-0.4, -0.2) is 45.1 Å². The Morgan fingerprint density at radius 3 is 1.13 bits per heavy atom. The van der Waals surface area contributed by atoms with Crippen molar-refractivity contribution in [2.75, 3.05) is 0 Å². The number of hydrogen-bond donors (Lipinski definition) is 1. The van der Waals surface area contributed by atoms with Crippen LogP contribution in [0.2, 0.25) is 0 Å². The summed E-state index contributed by atoms with van der Waals surface area (Å²) in [5.74, 6) is -0.653. The molecule has 0 aliphatic carbocycles. The minimum Gasteiger partial charge on any atom is -0.481 e. The van der Waals surface area contributed by atoms with Crippen LogP contribution in [0.15, 0.2) is 0 Å². The Morgan fingerprint density at radius 2 is 0.870 bits per heavy atom. The third-order valence-corrected chi connectivity index (χ3v) is 3.99. The highest BCUT2D eigenvalue weighted by Crippen LogP contribution is 2.13. The molecule has 0 aromatic heterocycles. The van der Waals surface area contributed by atoms with Crippen molar-refractivity contribution in [1.29, 1.82) is 0 Å². The molecule has 0 saturated carbocycles. The van der Waals surface area contributed by atoms with E-state index in [9.17, 15) is 4.79 Å². The highest BCUT2D eigenvalue weighted by molar-refractivity contribution is 5.75. The molecule has 0 radical (unpaired) electrons. The Hall–Kier alpha value is 0.156. The molecule has 4 nitrogen and oxygen atoms in total. The van der Waals surface area contributed by atoms with Crippen LogP contribution < -0.4 is 0 Å². The van der Waals surface area contributed by atoms with Gasteiger partial charge in [0.25, 0.3) is 0 Å². The van der Waals surface area contributed by atoms with Crippen LogP contribution >= 0.6 is 0 Å². The molecule has 0 aromatic rings. The van der Waals surface area contributed by atoms with E-state index in [1.807, 2.05) is 0 Å². The van der Waals surface area contributed by atoms with Gasteiger partial charge in [0.05, 0.1) is 0 Å². The van der Waals surface area contributed by atoms with E-state index < -0.39 is 5.97 Å². The number of hydrogen-bond acceptors (Lipinski definition) is 1. The van der Waals surface area contributed by atoms with Crippen LogP contribution in [0.25, 0.3) is 0 Å². The van der Waals surface area contributed by atoms with Crippen molar-refractivity contribution in [3.63, 3.8) is 0 Å². The second kappa shape index (κ2) is 27.0. The van der Waals surface area contributed by atoms with Gasteiger partial charge in [0.1, 0.15) is 0 Å². The van der Waals surface area contributed by atoms with Crippen molar-refractivity contribution in [3.05, 3.63) is 0 Å². The van der Waals surface area contributed by atoms with Crippen LogP contribution in [0.5, 0.6) is 0 Å². The third-order valence-electron chi connectivity index (χ3n) is 3.99. The fraction of sp³-hybridized carbons (Fsp3) is 0.944. The van der Waals surface area contributed by atoms with Crippen LogP contribution in [0, 0.1) is 0 Å². The van der Waals surface area contributed by atoms with E-state index in [2.05, 4.69) is 6.92 Å². The van der Waals surface area contributed by atoms with E-state index in [-0.39, 0.29) is 34.0 Å². The van der Waals surface area contributed by atoms with Crippen molar-refractivity contribution in [2.45, 2.75) is 110 Å². The van der Waals surface area contributed by atoms with Gasteiger partial charge < -0.3 is 16.1 Å². The Morgan fingerprint density at radius 1 is 0.609 bits per heavy atom. The molecule has 140 valence electrons. The monoisotopic (exact) mass is 346 g/mol. The van der Waals surface area contributed by atoms with Gasteiger partial charge in [-0.05, 0) is 6.42 Å². The molecular weight excluding hydrogens is 304 g/mol. The summed E-state index contributed by atoms with van der Waals surface area (Å²) in [5, 5.41) is 8.52. The van der Waals surface area contributed by atoms with Crippen molar-refractivity contribution < 1.29 is 20.9 Å². The summed E-state index contributed by atoms with van der Waals surface area (Å²) in [6.07, 6.45) is 20.2. The number of aliphatic carboxylic acids is 1. The average molecular weight is 347 g/mol. The van der Waals surface area contributed by atoms with E-state index >= 15 is 0 Å². The number of carbonyl (C=O) groups is 1. The van der Waals surface area contributed by atoms with Crippen molar-refractivity contribution in [2.24, 2.45) is 0 Å².